The minimum Gasteiger partial charge on any atom is -0.490 e. The van der Waals surface area contributed by atoms with Crippen molar-refractivity contribution in [2.75, 3.05) is 0 Å². The highest BCUT2D eigenvalue weighted by Gasteiger charge is 2.20. The van der Waals surface area contributed by atoms with Gasteiger partial charge in [0.25, 0.3) is 0 Å². The summed E-state index contributed by atoms with van der Waals surface area (Å²) in [5.74, 6) is 0.990. The molecule has 0 saturated heterocycles. The van der Waals surface area contributed by atoms with E-state index in [0.717, 1.165) is 30.6 Å². The van der Waals surface area contributed by atoms with Crippen LogP contribution in [0.15, 0.2) is 18.2 Å². The molecule has 18 heavy (non-hydrogen) atoms. The molecule has 0 radical (unpaired) electrons. The Morgan fingerprint density at radius 1 is 1.33 bits per heavy atom. The van der Waals surface area contributed by atoms with Crippen LogP contribution in [0.2, 0.25) is 0 Å². The van der Waals surface area contributed by atoms with E-state index >= 15 is 0 Å². The second kappa shape index (κ2) is 6.24. The molecular weight excluding hydrogens is 224 g/mol. The van der Waals surface area contributed by atoms with Crippen molar-refractivity contribution < 1.29 is 9.84 Å². The summed E-state index contributed by atoms with van der Waals surface area (Å²) in [6.45, 7) is 4.29. The first-order chi connectivity index (χ1) is 8.70. The average Bonchev–Trinajstić information content (AvgIpc) is 2.73. The molecule has 1 aromatic carbocycles. The van der Waals surface area contributed by atoms with E-state index in [-0.39, 0.29) is 12.2 Å². The van der Waals surface area contributed by atoms with Crippen molar-refractivity contribution in [3.8, 4) is 5.75 Å². The Labute approximate surface area is 110 Å². The van der Waals surface area contributed by atoms with E-state index in [1.165, 1.54) is 24.8 Å². The lowest BCUT2D eigenvalue weighted by atomic mass is 9.99. The number of ether oxygens (including phenoxy) is 1. The van der Waals surface area contributed by atoms with Gasteiger partial charge in [-0.15, -0.1) is 0 Å². The van der Waals surface area contributed by atoms with Crippen LogP contribution >= 0.6 is 0 Å². The van der Waals surface area contributed by atoms with Crippen LogP contribution in [0, 0.1) is 0 Å². The van der Waals surface area contributed by atoms with Gasteiger partial charge in [-0.2, -0.15) is 0 Å². The molecule has 0 fully saturated rings. The smallest absolute Gasteiger partial charge is 0.123 e. The molecule has 0 bridgehead atoms. The van der Waals surface area contributed by atoms with Crippen molar-refractivity contribution in [2.45, 2.75) is 64.6 Å². The van der Waals surface area contributed by atoms with Crippen LogP contribution < -0.4 is 4.74 Å². The molecule has 100 valence electrons. The number of aliphatic hydroxyl groups is 1. The highest BCUT2D eigenvalue weighted by Crippen LogP contribution is 2.32. The van der Waals surface area contributed by atoms with Gasteiger partial charge in [0, 0.05) is 6.42 Å². The Bertz CT molecular complexity index is 387. The Balaban J connectivity index is 1.91. The van der Waals surface area contributed by atoms with Crippen molar-refractivity contribution in [1.29, 1.82) is 0 Å². The van der Waals surface area contributed by atoms with E-state index in [9.17, 15) is 5.11 Å². The molecule has 0 spiro atoms. The summed E-state index contributed by atoms with van der Waals surface area (Å²) in [5, 5.41) is 10.2. The Morgan fingerprint density at radius 3 is 2.94 bits per heavy atom. The lowest BCUT2D eigenvalue weighted by Crippen LogP contribution is -2.05. The summed E-state index contributed by atoms with van der Waals surface area (Å²) < 4.78 is 5.67. The van der Waals surface area contributed by atoms with E-state index < -0.39 is 0 Å². The number of rotatable bonds is 6. The van der Waals surface area contributed by atoms with Crippen LogP contribution in [0.4, 0.5) is 0 Å². The third-order valence-corrected chi connectivity index (χ3v) is 3.64. The molecule has 1 aromatic rings. The zero-order valence-electron chi connectivity index (χ0n) is 11.5. The molecule has 2 heteroatoms. The van der Waals surface area contributed by atoms with Crippen LogP contribution in [-0.2, 0) is 6.42 Å². The summed E-state index contributed by atoms with van der Waals surface area (Å²) in [6, 6.07) is 6.12. The van der Waals surface area contributed by atoms with Gasteiger partial charge in [-0.1, -0.05) is 38.7 Å². The third-order valence-electron chi connectivity index (χ3n) is 3.64. The summed E-state index contributed by atoms with van der Waals surface area (Å²) in [5.41, 5.74) is 2.29. The number of hydrogen-bond donors (Lipinski definition) is 1. The fraction of sp³-hybridized carbons (Fsp3) is 0.625. The maximum Gasteiger partial charge on any atom is 0.123 e. The molecule has 1 heterocycles. The van der Waals surface area contributed by atoms with Gasteiger partial charge >= 0.3 is 0 Å². The first-order valence-corrected chi connectivity index (χ1v) is 7.18. The second-order valence-corrected chi connectivity index (χ2v) is 5.36. The van der Waals surface area contributed by atoms with Crippen LogP contribution in [-0.4, -0.2) is 11.2 Å². The molecule has 0 saturated carbocycles. The molecule has 1 aliphatic heterocycles. The van der Waals surface area contributed by atoms with Crippen molar-refractivity contribution in [3.63, 3.8) is 0 Å². The number of hydrogen-bond acceptors (Lipinski definition) is 2. The zero-order valence-corrected chi connectivity index (χ0v) is 11.5. The predicted molar refractivity (Wildman–Crippen MR) is 74.0 cm³/mol. The van der Waals surface area contributed by atoms with Gasteiger partial charge in [0.1, 0.15) is 11.9 Å². The lowest BCUT2D eigenvalue weighted by molar-refractivity contribution is 0.163. The third kappa shape index (κ3) is 3.26. The first kappa shape index (κ1) is 13.4. The normalized spacial score (nSPS) is 19.4. The lowest BCUT2D eigenvalue weighted by Gasteiger charge is -2.12. The van der Waals surface area contributed by atoms with Gasteiger partial charge in [0.05, 0.1) is 6.10 Å². The molecule has 1 aliphatic rings. The number of fused-ring (bicyclic) bond motifs is 1. The van der Waals surface area contributed by atoms with E-state index in [1.807, 2.05) is 12.1 Å². The monoisotopic (exact) mass is 248 g/mol. The molecule has 0 aliphatic carbocycles. The molecule has 2 rings (SSSR count). The molecule has 0 aromatic heterocycles. The van der Waals surface area contributed by atoms with E-state index in [0.29, 0.717) is 0 Å². The molecule has 2 unspecified atom stereocenters. The Morgan fingerprint density at radius 2 is 2.17 bits per heavy atom. The maximum absolute atomic E-state index is 10.2. The van der Waals surface area contributed by atoms with Crippen molar-refractivity contribution >= 4 is 0 Å². The summed E-state index contributed by atoms with van der Waals surface area (Å²) in [4.78, 5) is 0. The van der Waals surface area contributed by atoms with E-state index in [2.05, 4.69) is 19.9 Å². The van der Waals surface area contributed by atoms with Gasteiger partial charge in [0.2, 0.25) is 0 Å². The SMILES string of the molecule is CCCCCCC(O)c1ccc2c(c1)CC(C)O2. The minimum absolute atomic E-state index is 0.275. The van der Waals surface area contributed by atoms with Crippen LogP contribution in [0.25, 0.3) is 0 Å². The quantitative estimate of drug-likeness (QED) is 0.771. The fourth-order valence-electron chi connectivity index (χ4n) is 2.58. The summed E-state index contributed by atoms with van der Waals surface area (Å²) in [6.07, 6.45) is 6.63. The highest BCUT2D eigenvalue weighted by atomic mass is 16.5. The number of benzene rings is 1. The van der Waals surface area contributed by atoms with E-state index in [1.54, 1.807) is 0 Å². The fourth-order valence-corrected chi connectivity index (χ4v) is 2.58. The van der Waals surface area contributed by atoms with Crippen molar-refractivity contribution in [2.24, 2.45) is 0 Å². The molecule has 0 amide bonds. The summed E-state index contributed by atoms with van der Waals surface area (Å²) in [7, 11) is 0. The standard InChI is InChI=1S/C16H24O2/c1-3-4-5-6-7-15(17)13-8-9-16-14(11-13)10-12(2)18-16/h8-9,11-12,15,17H,3-7,10H2,1-2H3. The van der Waals surface area contributed by atoms with Gasteiger partial charge in [-0.25, -0.2) is 0 Å². The number of unbranched alkanes of at least 4 members (excludes halogenated alkanes) is 3. The van der Waals surface area contributed by atoms with Crippen molar-refractivity contribution in [1.82, 2.24) is 0 Å². The number of aliphatic hydroxyl groups excluding tert-OH is 1. The maximum atomic E-state index is 10.2. The Kier molecular flexibility index (Phi) is 4.65. The average molecular weight is 248 g/mol. The van der Waals surface area contributed by atoms with Gasteiger partial charge in [-0.3, -0.25) is 0 Å². The van der Waals surface area contributed by atoms with Gasteiger partial charge < -0.3 is 9.84 Å². The molecule has 2 atom stereocenters. The summed E-state index contributed by atoms with van der Waals surface area (Å²) >= 11 is 0. The highest BCUT2D eigenvalue weighted by molar-refractivity contribution is 5.41. The topological polar surface area (TPSA) is 29.5 Å². The molecule has 2 nitrogen and oxygen atoms in total. The van der Waals surface area contributed by atoms with Gasteiger partial charge in [-0.05, 0) is 36.6 Å². The zero-order chi connectivity index (χ0) is 13.0. The second-order valence-electron chi connectivity index (χ2n) is 5.36. The van der Waals surface area contributed by atoms with Crippen LogP contribution in [0.5, 0.6) is 5.75 Å². The van der Waals surface area contributed by atoms with Crippen LogP contribution in [0.3, 0.4) is 0 Å². The minimum atomic E-state index is -0.317. The largest absolute Gasteiger partial charge is 0.490 e. The van der Waals surface area contributed by atoms with Crippen molar-refractivity contribution in [3.05, 3.63) is 29.3 Å². The molecular formula is C16H24O2. The predicted octanol–water partition coefficient (Wildman–Crippen LogP) is 4.01. The Hall–Kier alpha value is -1.02. The first-order valence-electron chi connectivity index (χ1n) is 7.18. The van der Waals surface area contributed by atoms with E-state index in [4.69, 9.17) is 4.74 Å². The molecule has 1 N–H and O–H groups in total. The van der Waals surface area contributed by atoms with Crippen LogP contribution in [0.1, 0.15) is 63.2 Å². The van der Waals surface area contributed by atoms with Gasteiger partial charge in [0.15, 0.2) is 0 Å².